The Morgan fingerprint density at radius 3 is 1.95 bits per heavy atom. The van der Waals surface area contributed by atoms with Gasteiger partial charge in [-0.1, -0.05) is 96.8 Å². The van der Waals surface area contributed by atoms with E-state index in [1.165, 1.54) is 81.9 Å². The maximum atomic E-state index is 13.3. The van der Waals surface area contributed by atoms with Crippen molar-refractivity contribution in [2.45, 2.75) is 149 Å². The van der Waals surface area contributed by atoms with E-state index >= 15 is 0 Å². The number of methoxy groups -OCH3 is 1. The van der Waals surface area contributed by atoms with Crippen LogP contribution in [0.1, 0.15) is 137 Å². The van der Waals surface area contributed by atoms with Crippen molar-refractivity contribution in [3.63, 3.8) is 0 Å². The molecule has 0 aromatic carbocycles. The Morgan fingerprint density at radius 2 is 1.41 bits per heavy atom. The standard InChI is InChI=1S/C33H58N2O5S/c1-6-9-10-11-12-13-14-15-16-17-18-19-20-22-26-23-21-24-27(38-5)29(26)30-28(31(36)39-7-2)25(4)34-32(41)35(30)33(37)40-8-3/h26-27,29-30H,6-24H2,1-5H3,(H,34,41). The largest absolute Gasteiger partial charge is 0.463 e. The number of hydrogen-bond acceptors (Lipinski definition) is 6. The first-order valence-corrected chi connectivity index (χ1v) is 17.0. The summed E-state index contributed by atoms with van der Waals surface area (Å²) in [5.41, 5.74) is 1.09. The molecule has 1 heterocycles. The molecule has 1 saturated carbocycles. The molecule has 4 unspecified atom stereocenters. The Labute approximate surface area is 255 Å². The molecule has 0 radical (unpaired) electrons. The van der Waals surface area contributed by atoms with Crippen molar-refractivity contribution in [1.82, 2.24) is 10.2 Å². The lowest BCUT2D eigenvalue weighted by molar-refractivity contribution is -0.140. The van der Waals surface area contributed by atoms with Gasteiger partial charge in [-0.15, -0.1) is 0 Å². The zero-order chi connectivity index (χ0) is 30.0. The predicted octanol–water partition coefficient (Wildman–Crippen LogP) is 8.45. The Bertz CT molecular complexity index is 832. The van der Waals surface area contributed by atoms with Crippen molar-refractivity contribution in [2.24, 2.45) is 11.8 Å². The summed E-state index contributed by atoms with van der Waals surface area (Å²) < 4.78 is 16.9. The van der Waals surface area contributed by atoms with Crippen LogP contribution in [0.5, 0.6) is 0 Å². The van der Waals surface area contributed by atoms with Crippen molar-refractivity contribution in [3.8, 4) is 0 Å². The molecular formula is C33H58N2O5S. The van der Waals surface area contributed by atoms with E-state index in [4.69, 9.17) is 26.4 Å². The zero-order valence-corrected chi connectivity index (χ0v) is 27.5. The summed E-state index contributed by atoms with van der Waals surface area (Å²) in [7, 11) is 1.74. The van der Waals surface area contributed by atoms with Crippen LogP contribution in [0.3, 0.4) is 0 Å². The number of hydrogen-bond donors (Lipinski definition) is 1. The number of carbonyl (C=O) groups is 2. The van der Waals surface area contributed by atoms with E-state index < -0.39 is 18.1 Å². The molecule has 1 amide bonds. The number of allylic oxidation sites excluding steroid dienone is 1. The van der Waals surface area contributed by atoms with Gasteiger partial charge < -0.3 is 19.5 Å². The topological polar surface area (TPSA) is 77.1 Å². The van der Waals surface area contributed by atoms with Gasteiger partial charge in [0.05, 0.1) is 30.9 Å². The number of ether oxygens (including phenoxy) is 3. The molecule has 1 fully saturated rings. The summed E-state index contributed by atoms with van der Waals surface area (Å²) in [6, 6.07) is -0.584. The van der Waals surface area contributed by atoms with E-state index in [2.05, 4.69) is 12.2 Å². The Balaban J connectivity index is 2.04. The fourth-order valence-corrected chi connectivity index (χ4v) is 7.11. The Morgan fingerprint density at radius 1 is 0.854 bits per heavy atom. The molecule has 236 valence electrons. The molecular weight excluding hydrogens is 536 g/mol. The van der Waals surface area contributed by atoms with Crippen LogP contribution in [0.15, 0.2) is 11.3 Å². The van der Waals surface area contributed by atoms with Crippen molar-refractivity contribution in [2.75, 3.05) is 20.3 Å². The third kappa shape index (κ3) is 11.2. The lowest BCUT2D eigenvalue weighted by Crippen LogP contribution is -2.61. The van der Waals surface area contributed by atoms with Gasteiger partial charge in [0.15, 0.2) is 5.11 Å². The molecule has 0 aromatic rings. The van der Waals surface area contributed by atoms with E-state index in [-0.39, 0.29) is 30.3 Å². The number of thiocarbonyl (C=S) groups is 1. The number of rotatable bonds is 19. The fourth-order valence-electron chi connectivity index (χ4n) is 6.77. The highest BCUT2D eigenvalue weighted by Gasteiger charge is 2.50. The van der Waals surface area contributed by atoms with Gasteiger partial charge in [0.2, 0.25) is 0 Å². The summed E-state index contributed by atoms with van der Waals surface area (Å²) >= 11 is 5.64. The molecule has 1 aliphatic carbocycles. The molecule has 1 N–H and O–H groups in total. The van der Waals surface area contributed by atoms with E-state index in [0.717, 1.165) is 32.1 Å². The predicted molar refractivity (Wildman–Crippen MR) is 170 cm³/mol. The summed E-state index contributed by atoms with van der Waals surface area (Å²) in [5, 5.41) is 3.33. The van der Waals surface area contributed by atoms with E-state index in [9.17, 15) is 9.59 Å². The minimum atomic E-state index is -0.584. The van der Waals surface area contributed by atoms with Crippen molar-refractivity contribution < 1.29 is 23.8 Å². The Kier molecular flexibility index (Phi) is 17.6. The lowest BCUT2D eigenvalue weighted by atomic mass is 9.68. The van der Waals surface area contributed by atoms with Crippen LogP contribution in [-0.2, 0) is 19.0 Å². The third-order valence-corrected chi connectivity index (χ3v) is 9.13. The molecule has 41 heavy (non-hydrogen) atoms. The van der Waals surface area contributed by atoms with Crippen molar-refractivity contribution in [3.05, 3.63) is 11.3 Å². The van der Waals surface area contributed by atoms with Crippen LogP contribution in [0, 0.1) is 11.8 Å². The summed E-state index contributed by atoms with van der Waals surface area (Å²) in [5.74, 6) is -0.189. The highest BCUT2D eigenvalue weighted by molar-refractivity contribution is 7.80. The summed E-state index contributed by atoms with van der Waals surface area (Å²) in [6.45, 7) is 8.16. The number of nitrogens with one attached hydrogen (secondary N) is 1. The van der Waals surface area contributed by atoms with Crippen LogP contribution >= 0.6 is 12.2 Å². The van der Waals surface area contributed by atoms with Gasteiger partial charge >= 0.3 is 12.1 Å². The highest BCUT2D eigenvalue weighted by atomic mass is 32.1. The van der Waals surface area contributed by atoms with Gasteiger partial charge in [0.1, 0.15) is 0 Å². The quantitative estimate of drug-likeness (QED) is 0.0913. The van der Waals surface area contributed by atoms with E-state index in [1.807, 2.05) is 6.92 Å². The van der Waals surface area contributed by atoms with Crippen LogP contribution < -0.4 is 5.32 Å². The first kappa shape index (κ1) is 35.5. The molecule has 2 rings (SSSR count). The van der Waals surface area contributed by atoms with Crippen LogP contribution in [0.25, 0.3) is 0 Å². The molecule has 0 spiro atoms. The third-order valence-electron chi connectivity index (χ3n) is 8.83. The minimum Gasteiger partial charge on any atom is -0.463 e. The molecule has 0 saturated heterocycles. The van der Waals surface area contributed by atoms with Gasteiger partial charge in [0, 0.05) is 18.7 Å². The second kappa shape index (κ2) is 20.3. The highest BCUT2D eigenvalue weighted by Crippen LogP contribution is 2.43. The second-order valence-electron chi connectivity index (χ2n) is 11.8. The van der Waals surface area contributed by atoms with Crippen molar-refractivity contribution >= 4 is 29.4 Å². The summed E-state index contributed by atoms with van der Waals surface area (Å²) in [6.07, 6.45) is 20.7. The van der Waals surface area contributed by atoms with Crippen LogP contribution in [-0.4, -0.2) is 54.5 Å². The van der Waals surface area contributed by atoms with E-state index in [0.29, 0.717) is 17.2 Å². The Hall–Kier alpha value is -1.67. The minimum absolute atomic E-state index is 0.0788. The average molecular weight is 595 g/mol. The number of carbonyl (C=O) groups excluding carboxylic acids is 2. The second-order valence-corrected chi connectivity index (χ2v) is 12.2. The first-order valence-electron chi connectivity index (χ1n) is 16.6. The van der Waals surface area contributed by atoms with E-state index in [1.54, 1.807) is 21.0 Å². The lowest BCUT2D eigenvalue weighted by Gasteiger charge is -2.48. The van der Waals surface area contributed by atoms with Gasteiger partial charge in [0.25, 0.3) is 0 Å². The molecule has 4 atom stereocenters. The van der Waals surface area contributed by atoms with Crippen molar-refractivity contribution in [1.29, 1.82) is 0 Å². The molecule has 2 aliphatic rings. The fraction of sp³-hybridized carbons (Fsp3) is 0.848. The first-order chi connectivity index (χ1) is 19.9. The molecule has 7 nitrogen and oxygen atoms in total. The number of amides is 1. The van der Waals surface area contributed by atoms with Gasteiger partial charge in [-0.3, -0.25) is 0 Å². The number of unbranched alkanes of at least 4 members (excludes halogenated alkanes) is 12. The maximum absolute atomic E-state index is 13.3. The smallest absolute Gasteiger partial charge is 0.416 e. The molecule has 0 bridgehead atoms. The zero-order valence-electron chi connectivity index (χ0n) is 26.6. The number of esters is 1. The van der Waals surface area contributed by atoms with Gasteiger partial charge in [-0.25, -0.2) is 14.5 Å². The maximum Gasteiger partial charge on any atom is 0.416 e. The molecule has 1 aliphatic heterocycles. The average Bonchev–Trinajstić information content (AvgIpc) is 2.95. The van der Waals surface area contributed by atoms with Gasteiger partial charge in [-0.2, -0.15) is 0 Å². The normalized spacial score (nSPS) is 23.0. The molecule has 0 aromatic heterocycles. The molecule has 8 heteroatoms. The summed E-state index contributed by atoms with van der Waals surface area (Å²) in [4.78, 5) is 28.0. The van der Waals surface area contributed by atoms with Crippen LogP contribution in [0.4, 0.5) is 4.79 Å². The monoisotopic (exact) mass is 594 g/mol. The van der Waals surface area contributed by atoms with Crippen LogP contribution in [0.2, 0.25) is 0 Å². The SMILES string of the molecule is CCCCCCCCCCCCCCCC1CCCC(OC)C1C1C(C(=O)OCC)=C(C)NC(=S)N1C(=O)OCC. The number of nitrogens with zero attached hydrogens (tertiary/aromatic N) is 1. The van der Waals surface area contributed by atoms with Gasteiger partial charge in [-0.05, 0) is 58.2 Å².